The molecule has 3 nitrogen and oxygen atoms in total. The highest BCUT2D eigenvalue weighted by molar-refractivity contribution is 6.31. The van der Waals surface area contributed by atoms with Crippen molar-refractivity contribution >= 4 is 23.1 Å². The molecule has 1 aromatic carbocycles. The van der Waals surface area contributed by atoms with Crippen LogP contribution in [0.5, 0.6) is 0 Å². The van der Waals surface area contributed by atoms with Crippen molar-refractivity contribution in [1.82, 2.24) is 4.98 Å². The van der Waals surface area contributed by atoms with E-state index in [2.05, 4.69) is 29.5 Å². The Balaban J connectivity index is 2.08. The maximum absolute atomic E-state index is 6.22. The summed E-state index contributed by atoms with van der Waals surface area (Å²) in [5, 5.41) is 7.52. The molecule has 0 aliphatic rings. The van der Waals surface area contributed by atoms with E-state index in [0.717, 1.165) is 35.1 Å². The summed E-state index contributed by atoms with van der Waals surface area (Å²) in [4.78, 5) is 4.30. The van der Waals surface area contributed by atoms with Crippen LogP contribution >= 0.6 is 11.6 Å². The van der Waals surface area contributed by atoms with Gasteiger partial charge in [0, 0.05) is 35.6 Å². The fourth-order valence-corrected chi connectivity index (χ4v) is 2.32. The van der Waals surface area contributed by atoms with Gasteiger partial charge < -0.3 is 10.6 Å². The molecule has 4 heteroatoms. The molecule has 106 valence electrons. The monoisotopic (exact) mass is 289 g/mol. The first-order chi connectivity index (χ1) is 9.70. The Bertz CT molecular complexity index is 557. The molecule has 0 aliphatic heterocycles. The maximum atomic E-state index is 6.22. The Morgan fingerprint density at radius 1 is 1.25 bits per heavy atom. The zero-order valence-electron chi connectivity index (χ0n) is 11.9. The lowest BCUT2D eigenvalue weighted by Crippen LogP contribution is -2.08. The standard InChI is InChI=1S/C16H20ClN3/c1-3-9-18-16-11-13(8-10-19-16)20-12(2)14-6-4-5-7-15(14)17/h4-8,10-12H,3,9H2,1-2H3,(H2,18,19,20). The largest absolute Gasteiger partial charge is 0.378 e. The van der Waals surface area contributed by atoms with Crippen LogP contribution in [0.15, 0.2) is 42.6 Å². The van der Waals surface area contributed by atoms with Crippen LogP contribution in [0.2, 0.25) is 5.02 Å². The number of nitrogens with one attached hydrogen (secondary N) is 2. The second-order valence-corrected chi connectivity index (χ2v) is 5.15. The highest BCUT2D eigenvalue weighted by atomic mass is 35.5. The third-order valence-corrected chi connectivity index (χ3v) is 3.42. The van der Waals surface area contributed by atoms with Crippen molar-refractivity contribution in [3.05, 3.63) is 53.2 Å². The molecule has 0 radical (unpaired) electrons. The van der Waals surface area contributed by atoms with Crippen LogP contribution in [-0.2, 0) is 0 Å². The van der Waals surface area contributed by atoms with E-state index < -0.39 is 0 Å². The zero-order chi connectivity index (χ0) is 14.4. The van der Waals surface area contributed by atoms with E-state index in [0.29, 0.717) is 0 Å². The lowest BCUT2D eigenvalue weighted by Gasteiger charge is -2.17. The van der Waals surface area contributed by atoms with Crippen LogP contribution in [0.1, 0.15) is 31.9 Å². The van der Waals surface area contributed by atoms with Crippen LogP contribution in [0.25, 0.3) is 0 Å². The van der Waals surface area contributed by atoms with E-state index >= 15 is 0 Å². The predicted octanol–water partition coefficient (Wildman–Crippen LogP) is 4.73. The average molecular weight is 290 g/mol. The number of halogens is 1. The van der Waals surface area contributed by atoms with Crippen LogP contribution in [0.3, 0.4) is 0 Å². The van der Waals surface area contributed by atoms with Gasteiger partial charge in [-0.3, -0.25) is 0 Å². The van der Waals surface area contributed by atoms with E-state index in [1.165, 1.54) is 0 Å². The molecule has 0 saturated carbocycles. The Morgan fingerprint density at radius 3 is 2.80 bits per heavy atom. The summed E-state index contributed by atoms with van der Waals surface area (Å²) in [5.74, 6) is 0.892. The molecule has 0 spiro atoms. The first-order valence-electron chi connectivity index (χ1n) is 6.91. The number of aromatic nitrogens is 1. The average Bonchev–Trinajstić information content (AvgIpc) is 2.46. The van der Waals surface area contributed by atoms with Crippen molar-refractivity contribution in [2.45, 2.75) is 26.3 Å². The van der Waals surface area contributed by atoms with Gasteiger partial charge in [0.25, 0.3) is 0 Å². The quantitative estimate of drug-likeness (QED) is 0.807. The van der Waals surface area contributed by atoms with Gasteiger partial charge >= 0.3 is 0 Å². The second-order valence-electron chi connectivity index (χ2n) is 4.74. The number of hydrogen-bond acceptors (Lipinski definition) is 3. The molecule has 2 aromatic rings. The molecule has 0 amide bonds. The number of hydrogen-bond donors (Lipinski definition) is 2. The summed E-state index contributed by atoms with van der Waals surface area (Å²) >= 11 is 6.22. The fourth-order valence-electron chi connectivity index (χ4n) is 2.02. The Kier molecular flexibility index (Phi) is 5.24. The van der Waals surface area contributed by atoms with Crippen LogP contribution in [-0.4, -0.2) is 11.5 Å². The molecule has 1 heterocycles. The molecule has 2 N–H and O–H groups in total. The van der Waals surface area contributed by atoms with Crippen molar-refractivity contribution < 1.29 is 0 Å². The fraction of sp³-hybridized carbons (Fsp3) is 0.312. The molecule has 1 aromatic heterocycles. The lowest BCUT2D eigenvalue weighted by molar-refractivity contribution is 0.884. The number of benzene rings is 1. The second kappa shape index (κ2) is 7.15. The van der Waals surface area contributed by atoms with Crippen molar-refractivity contribution in [3.8, 4) is 0 Å². The molecule has 0 bridgehead atoms. The number of rotatable bonds is 6. The van der Waals surface area contributed by atoms with Gasteiger partial charge in [-0.1, -0.05) is 36.7 Å². The van der Waals surface area contributed by atoms with Gasteiger partial charge in [0.05, 0.1) is 0 Å². The molecule has 0 fully saturated rings. The summed E-state index contributed by atoms with van der Waals surface area (Å²) in [6.07, 6.45) is 2.88. The van der Waals surface area contributed by atoms with Gasteiger partial charge in [0.1, 0.15) is 5.82 Å². The number of nitrogens with zero attached hydrogens (tertiary/aromatic N) is 1. The Morgan fingerprint density at radius 2 is 2.05 bits per heavy atom. The molecule has 2 rings (SSSR count). The van der Waals surface area contributed by atoms with E-state index in [9.17, 15) is 0 Å². The number of pyridine rings is 1. The molecular formula is C16H20ClN3. The molecule has 1 unspecified atom stereocenters. The molecule has 0 aliphatic carbocycles. The Hall–Kier alpha value is -1.74. The minimum Gasteiger partial charge on any atom is -0.378 e. The smallest absolute Gasteiger partial charge is 0.127 e. The van der Waals surface area contributed by atoms with E-state index in [1.807, 2.05) is 36.4 Å². The van der Waals surface area contributed by atoms with E-state index in [1.54, 1.807) is 6.20 Å². The van der Waals surface area contributed by atoms with Crippen molar-refractivity contribution in [2.24, 2.45) is 0 Å². The van der Waals surface area contributed by atoms with Crippen LogP contribution < -0.4 is 10.6 Å². The van der Waals surface area contributed by atoms with Gasteiger partial charge in [0.15, 0.2) is 0 Å². The third-order valence-electron chi connectivity index (χ3n) is 3.07. The summed E-state index contributed by atoms with van der Waals surface area (Å²) < 4.78 is 0. The molecule has 1 atom stereocenters. The van der Waals surface area contributed by atoms with Gasteiger partial charge in [-0.25, -0.2) is 4.98 Å². The van der Waals surface area contributed by atoms with Crippen molar-refractivity contribution in [1.29, 1.82) is 0 Å². The normalized spacial score (nSPS) is 11.9. The molecular weight excluding hydrogens is 270 g/mol. The Labute approximate surface area is 125 Å². The van der Waals surface area contributed by atoms with Crippen LogP contribution in [0.4, 0.5) is 11.5 Å². The first kappa shape index (κ1) is 14.7. The minimum atomic E-state index is 0.144. The minimum absolute atomic E-state index is 0.144. The summed E-state index contributed by atoms with van der Waals surface area (Å²) in [7, 11) is 0. The highest BCUT2D eigenvalue weighted by Gasteiger charge is 2.09. The van der Waals surface area contributed by atoms with Gasteiger partial charge in [-0.05, 0) is 31.0 Å². The highest BCUT2D eigenvalue weighted by Crippen LogP contribution is 2.26. The van der Waals surface area contributed by atoms with E-state index in [-0.39, 0.29) is 6.04 Å². The van der Waals surface area contributed by atoms with Gasteiger partial charge in [-0.2, -0.15) is 0 Å². The van der Waals surface area contributed by atoms with E-state index in [4.69, 9.17) is 11.6 Å². The zero-order valence-corrected chi connectivity index (χ0v) is 12.6. The summed E-state index contributed by atoms with van der Waals surface area (Å²) in [5.41, 5.74) is 2.13. The predicted molar refractivity (Wildman–Crippen MR) is 86.5 cm³/mol. The molecule has 20 heavy (non-hydrogen) atoms. The SMILES string of the molecule is CCCNc1cc(NC(C)c2ccccc2Cl)ccn1. The van der Waals surface area contributed by atoms with Crippen LogP contribution in [0, 0.1) is 0 Å². The lowest BCUT2D eigenvalue weighted by atomic mass is 10.1. The third kappa shape index (κ3) is 3.87. The summed E-state index contributed by atoms with van der Waals surface area (Å²) in [6, 6.07) is 12.0. The maximum Gasteiger partial charge on any atom is 0.127 e. The molecule has 0 saturated heterocycles. The number of anilines is 2. The van der Waals surface area contributed by atoms with Gasteiger partial charge in [-0.15, -0.1) is 0 Å². The van der Waals surface area contributed by atoms with Crippen molar-refractivity contribution in [2.75, 3.05) is 17.2 Å². The summed E-state index contributed by atoms with van der Waals surface area (Å²) in [6.45, 7) is 5.16. The topological polar surface area (TPSA) is 37.0 Å². The van der Waals surface area contributed by atoms with Gasteiger partial charge in [0.2, 0.25) is 0 Å². The van der Waals surface area contributed by atoms with Crippen molar-refractivity contribution in [3.63, 3.8) is 0 Å². The first-order valence-corrected chi connectivity index (χ1v) is 7.29.